The fourth-order valence-corrected chi connectivity index (χ4v) is 8.23. The molecule has 334 valence electrons. The fourth-order valence-electron chi connectivity index (χ4n) is 6.69. The molecule has 0 bridgehead atoms. The topological polar surface area (TPSA) is 328 Å². The van der Waals surface area contributed by atoms with Crippen LogP contribution in [0.4, 0.5) is 4.79 Å². The molecule has 13 N–H and O–H groups in total. The summed E-state index contributed by atoms with van der Waals surface area (Å²) in [4.78, 5) is 112. The largest absolute Gasteiger partial charge is 0.391 e. The average Bonchev–Trinajstić information content (AvgIpc) is 3.72. The average molecular weight is 857 g/mol. The van der Waals surface area contributed by atoms with Crippen molar-refractivity contribution in [1.82, 2.24) is 48.0 Å². The molecule has 0 saturated carbocycles. The zero-order chi connectivity index (χ0) is 44.2. The van der Waals surface area contributed by atoms with E-state index < -0.39 is 90.5 Å². The van der Waals surface area contributed by atoms with Gasteiger partial charge in [-0.05, 0) is 57.3 Å². The predicted molar refractivity (Wildman–Crippen MR) is 216 cm³/mol. The highest BCUT2D eigenvalue weighted by molar-refractivity contribution is 8.00. The number of rotatable bonds is 27. The molecule has 21 nitrogen and oxygen atoms in total. The van der Waals surface area contributed by atoms with E-state index in [1.165, 1.54) is 12.4 Å². The molecular formula is C37H64N10O11S. The lowest BCUT2D eigenvalue weighted by Crippen LogP contribution is -2.59. The molecule has 1 unspecified atom stereocenters. The molecule has 0 aromatic carbocycles. The number of carbonyl (C=O) groups is 9. The molecule has 0 aromatic heterocycles. The fraction of sp³-hybridized carbons (Fsp3) is 0.757. The molecule has 2 heterocycles. The number of aliphatic hydroxyl groups excluding tert-OH is 1. The molecule has 8 atom stereocenters. The SMILES string of the molecule is CC(C)CC(CC(=O)NO)C(=O)N[C@H](C(=O)N[C@H](C(=O)NCC(=O)NCC(=O)N[C@@H](CCCCNC(=O)CCCC[C@@H]1SC[C@@H]2NC(=O)N[C@@H]21)C(N)=O)C(C)C)[C@@H](C)O. The number of nitrogens with one attached hydrogen (secondary N) is 9. The Hall–Kier alpha value is -4.70. The molecule has 22 heteroatoms. The molecule has 2 aliphatic heterocycles. The van der Waals surface area contributed by atoms with Crippen molar-refractivity contribution in [2.45, 2.75) is 134 Å². The van der Waals surface area contributed by atoms with Gasteiger partial charge in [0, 0.05) is 36.3 Å². The summed E-state index contributed by atoms with van der Waals surface area (Å²) < 4.78 is 0. The van der Waals surface area contributed by atoms with Gasteiger partial charge < -0.3 is 53.4 Å². The lowest BCUT2D eigenvalue weighted by atomic mass is 9.92. The first-order chi connectivity index (χ1) is 27.8. The number of nitrogens with two attached hydrogens (primary N) is 1. The second-order valence-electron chi connectivity index (χ2n) is 15.8. The summed E-state index contributed by atoms with van der Waals surface area (Å²) in [5.74, 6) is -6.06. The maximum absolute atomic E-state index is 13.2. The second-order valence-corrected chi connectivity index (χ2v) is 17.0. The van der Waals surface area contributed by atoms with Crippen molar-refractivity contribution in [3.8, 4) is 0 Å². The van der Waals surface area contributed by atoms with E-state index in [0.29, 0.717) is 31.1 Å². The van der Waals surface area contributed by atoms with E-state index >= 15 is 0 Å². The zero-order valence-corrected chi connectivity index (χ0v) is 35.3. The zero-order valence-electron chi connectivity index (χ0n) is 34.5. The summed E-state index contributed by atoms with van der Waals surface area (Å²) in [5.41, 5.74) is 6.93. The smallest absolute Gasteiger partial charge is 0.315 e. The first kappa shape index (κ1) is 50.4. The molecule has 2 aliphatic rings. The van der Waals surface area contributed by atoms with Gasteiger partial charge in [-0.25, -0.2) is 10.3 Å². The Bertz CT molecular complexity index is 1480. The van der Waals surface area contributed by atoms with Crippen LogP contribution < -0.4 is 53.7 Å². The number of unbranched alkanes of at least 4 members (excludes halogenated alkanes) is 2. The van der Waals surface area contributed by atoms with E-state index in [1.807, 2.05) is 25.6 Å². The van der Waals surface area contributed by atoms with Crippen LogP contribution >= 0.6 is 11.8 Å². The maximum Gasteiger partial charge on any atom is 0.315 e. The van der Waals surface area contributed by atoms with Gasteiger partial charge in [-0.1, -0.05) is 34.1 Å². The number of fused-ring (bicyclic) bond motifs is 1. The van der Waals surface area contributed by atoms with Gasteiger partial charge in [-0.15, -0.1) is 0 Å². The monoisotopic (exact) mass is 856 g/mol. The summed E-state index contributed by atoms with van der Waals surface area (Å²) in [6.07, 6.45) is 2.56. The number of thioether (sulfide) groups is 1. The summed E-state index contributed by atoms with van der Waals surface area (Å²) in [6, 6.07) is -3.55. The van der Waals surface area contributed by atoms with Crippen LogP contribution in [0.2, 0.25) is 0 Å². The van der Waals surface area contributed by atoms with Crippen LogP contribution in [0.3, 0.4) is 0 Å². The normalized spacial score (nSPS) is 19.5. The van der Waals surface area contributed by atoms with Crippen molar-refractivity contribution >= 4 is 65.1 Å². The predicted octanol–water partition coefficient (Wildman–Crippen LogP) is -2.23. The van der Waals surface area contributed by atoms with Gasteiger partial charge in [0.05, 0.1) is 31.3 Å². The van der Waals surface area contributed by atoms with Crippen LogP contribution in [0, 0.1) is 17.8 Å². The van der Waals surface area contributed by atoms with E-state index in [2.05, 4.69) is 42.5 Å². The number of hydrogen-bond acceptors (Lipinski definition) is 12. The van der Waals surface area contributed by atoms with Crippen LogP contribution in [0.1, 0.15) is 92.4 Å². The Morgan fingerprint density at radius 3 is 2.08 bits per heavy atom. The maximum atomic E-state index is 13.2. The van der Waals surface area contributed by atoms with Gasteiger partial charge in [0.2, 0.25) is 47.3 Å². The molecule has 0 aromatic rings. The molecule has 0 spiro atoms. The Morgan fingerprint density at radius 1 is 0.780 bits per heavy atom. The van der Waals surface area contributed by atoms with Crippen molar-refractivity contribution in [3.05, 3.63) is 0 Å². The molecule has 59 heavy (non-hydrogen) atoms. The standard InChI is InChI=1S/C37H64N10O11S/c1-19(2)14-22(15-27(50)47-58)34(54)45-31(21(5)48)36(56)44-30(20(3)4)35(55)41-16-28(51)40-17-29(52)42-23(33(38)53)10-8-9-13-39-26(49)12-7-6-11-25-32-24(18-59-25)43-37(57)46-32/h19-25,30-32,48,58H,6-18H2,1-5H3,(H2,38,53)(H,39,49)(H,40,51)(H,41,55)(H,42,52)(H,44,56)(H,45,54)(H,47,50)(H2,43,46,57)/t21-,22?,23+,24+,25+,30+,31+,32+/m1/s1. The molecule has 2 saturated heterocycles. The van der Waals surface area contributed by atoms with Gasteiger partial charge in [-0.2, -0.15) is 11.8 Å². The number of primary amides is 1. The van der Waals surface area contributed by atoms with Crippen LogP contribution in [0.25, 0.3) is 0 Å². The minimum atomic E-state index is -1.51. The third-order valence-electron chi connectivity index (χ3n) is 9.86. The number of hydroxylamine groups is 1. The lowest BCUT2D eigenvalue weighted by Gasteiger charge is -2.28. The second kappa shape index (κ2) is 25.7. The van der Waals surface area contributed by atoms with E-state index in [9.17, 15) is 48.3 Å². The first-order valence-electron chi connectivity index (χ1n) is 20.1. The van der Waals surface area contributed by atoms with Gasteiger partial charge >= 0.3 is 6.03 Å². The molecule has 2 rings (SSSR count). The Kier molecular flexibility index (Phi) is 22.0. The highest BCUT2D eigenvalue weighted by atomic mass is 32.2. The van der Waals surface area contributed by atoms with Crippen LogP contribution in [0.5, 0.6) is 0 Å². The lowest BCUT2D eigenvalue weighted by molar-refractivity contribution is -0.138. The number of amides is 10. The first-order valence-corrected chi connectivity index (χ1v) is 21.2. The van der Waals surface area contributed by atoms with Crippen molar-refractivity contribution < 1.29 is 53.5 Å². The molecular weight excluding hydrogens is 793 g/mol. The minimum absolute atomic E-state index is 0.0208. The third kappa shape index (κ3) is 18.4. The molecule has 10 amide bonds. The van der Waals surface area contributed by atoms with Crippen molar-refractivity contribution in [3.63, 3.8) is 0 Å². The Balaban J connectivity index is 1.71. The highest BCUT2D eigenvalue weighted by Crippen LogP contribution is 2.33. The molecule has 0 aliphatic carbocycles. The van der Waals surface area contributed by atoms with Gasteiger partial charge in [-0.3, -0.25) is 43.6 Å². The number of hydrogen-bond donors (Lipinski definition) is 12. The summed E-state index contributed by atoms with van der Waals surface area (Å²) in [5, 5.41) is 40.3. The molecule has 0 radical (unpaired) electrons. The number of urea groups is 1. The molecule has 2 fully saturated rings. The van der Waals surface area contributed by atoms with E-state index in [4.69, 9.17) is 10.9 Å². The summed E-state index contributed by atoms with van der Waals surface area (Å²) in [6.45, 7) is 7.41. The van der Waals surface area contributed by atoms with Crippen LogP contribution in [0.15, 0.2) is 0 Å². The number of aliphatic hydroxyl groups is 1. The summed E-state index contributed by atoms with van der Waals surface area (Å²) >= 11 is 1.83. The highest BCUT2D eigenvalue weighted by Gasteiger charge is 2.42. The van der Waals surface area contributed by atoms with E-state index in [0.717, 1.165) is 25.0 Å². The van der Waals surface area contributed by atoms with Crippen LogP contribution in [-0.2, 0) is 38.4 Å². The van der Waals surface area contributed by atoms with E-state index in [1.54, 1.807) is 13.8 Å². The summed E-state index contributed by atoms with van der Waals surface area (Å²) in [7, 11) is 0. The van der Waals surface area contributed by atoms with Gasteiger partial charge in [0.15, 0.2) is 0 Å². The van der Waals surface area contributed by atoms with Crippen molar-refractivity contribution in [2.24, 2.45) is 23.5 Å². The van der Waals surface area contributed by atoms with Crippen LogP contribution in [-0.4, -0.2) is 131 Å². The van der Waals surface area contributed by atoms with Crippen molar-refractivity contribution in [2.75, 3.05) is 25.4 Å². The number of carbonyl (C=O) groups excluding carboxylic acids is 9. The minimum Gasteiger partial charge on any atom is -0.391 e. The van der Waals surface area contributed by atoms with Gasteiger partial charge in [0.25, 0.3) is 0 Å². The van der Waals surface area contributed by atoms with Gasteiger partial charge in [0.1, 0.15) is 18.1 Å². The Morgan fingerprint density at radius 2 is 1.46 bits per heavy atom. The van der Waals surface area contributed by atoms with E-state index in [-0.39, 0.29) is 49.2 Å². The quantitative estimate of drug-likeness (QED) is 0.0181. The van der Waals surface area contributed by atoms with Crippen molar-refractivity contribution in [1.29, 1.82) is 0 Å². The third-order valence-corrected chi connectivity index (χ3v) is 11.4. The Labute approximate surface area is 348 Å².